The predicted octanol–water partition coefficient (Wildman–Crippen LogP) is 2.62. The minimum Gasteiger partial charge on any atom is -0.481 e. The lowest BCUT2D eigenvalue weighted by molar-refractivity contribution is -0.146. The van der Waals surface area contributed by atoms with Crippen molar-refractivity contribution in [2.45, 2.75) is 19.9 Å². The molecule has 0 spiro atoms. The van der Waals surface area contributed by atoms with Gasteiger partial charge in [0.2, 0.25) is 0 Å². The average molecular weight is 345 g/mol. The maximum absolute atomic E-state index is 12.5. The van der Waals surface area contributed by atoms with Gasteiger partial charge in [-0.2, -0.15) is 0 Å². The number of benzene rings is 1. The molecule has 1 fully saturated rings. The van der Waals surface area contributed by atoms with Gasteiger partial charge >= 0.3 is 12.0 Å². The van der Waals surface area contributed by atoms with E-state index in [1.54, 1.807) is 18.9 Å². The van der Waals surface area contributed by atoms with Gasteiger partial charge in [0.05, 0.1) is 17.5 Å². The molecule has 134 valence electrons. The molecule has 0 radical (unpaired) electrons. The number of hydrogen-bond donors (Lipinski definition) is 2. The number of methoxy groups -OCH3 is 1. The number of carboxylic acid groups (broad SMARTS) is 1. The summed E-state index contributed by atoms with van der Waals surface area (Å²) in [5.74, 6) is -0.861. The van der Waals surface area contributed by atoms with Crippen LogP contribution in [0.5, 0.6) is 0 Å². The monoisotopic (exact) mass is 345 g/mol. The van der Waals surface area contributed by atoms with Crippen LogP contribution in [0.1, 0.15) is 13.3 Å². The highest BCUT2D eigenvalue weighted by atomic mass is 16.5. The Morgan fingerprint density at radius 1 is 1.36 bits per heavy atom. The number of hydrogen-bond acceptors (Lipinski definition) is 3. The number of amides is 2. The number of fused-ring (bicyclic) bond motifs is 1. The van der Waals surface area contributed by atoms with Gasteiger partial charge in [-0.15, -0.1) is 0 Å². The predicted molar refractivity (Wildman–Crippen MR) is 94.8 cm³/mol. The van der Waals surface area contributed by atoms with Gasteiger partial charge in [-0.3, -0.25) is 4.79 Å². The fourth-order valence-electron chi connectivity index (χ4n) is 3.16. The minimum absolute atomic E-state index is 0.223. The minimum atomic E-state index is -0.865. The molecule has 7 nitrogen and oxygen atoms in total. The summed E-state index contributed by atoms with van der Waals surface area (Å²) in [5.41, 5.74) is 0.848. The largest absolute Gasteiger partial charge is 0.481 e. The van der Waals surface area contributed by atoms with Crippen molar-refractivity contribution in [3.05, 3.63) is 30.5 Å². The number of nitrogens with one attached hydrogen (secondary N) is 1. The average Bonchev–Trinajstić information content (AvgIpc) is 3.17. The second kappa shape index (κ2) is 6.76. The summed E-state index contributed by atoms with van der Waals surface area (Å²) in [6, 6.07) is 7.50. The summed E-state index contributed by atoms with van der Waals surface area (Å²) in [6.45, 7) is 3.70. The molecular formula is C18H23N3O4. The van der Waals surface area contributed by atoms with E-state index in [0.29, 0.717) is 25.3 Å². The van der Waals surface area contributed by atoms with E-state index < -0.39 is 11.4 Å². The van der Waals surface area contributed by atoms with Crippen LogP contribution in [0.25, 0.3) is 10.9 Å². The van der Waals surface area contributed by atoms with Crippen LogP contribution in [-0.2, 0) is 16.1 Å². The summed E-state index contributed by atoms with van der Waals surface area (Å²) in [7, 11) is 1.66. The van der Waals surface area contributed by atoms with Gasteiger partial charge in [0.15, 0.2) is 0 Å². The molecule has 3 rings (SSSR count). The zero-order valence-corrected chi connectivity index (χ0v) is 14.5. The number of carbonyl (C=O) groups excluding carboxylic acids is 1. The molecule has 0 bridgehead atoms. The van der Waals surface area contributed by atoms with Crippen molar-refractivity contribution < 1.29 is 19.4 Å². The van der Waals surface area contributed by atoms with Crippen LogP contribution in [-0.4, -0.2) is 53.4 Å². The van der Waals surface area contributed by atoms with Crippen molar-refractivity contribution in [3.63, 3.8) is 0 Å². The van der Waals surface area contributed by atoms with E-state index in [1.807, 2.05) is 30.5 Å². The Kier molecular flexibility index (Phi) is 4.67. The number of rotatable bonds is 5. The van der Waals surface area contributed by atoms with Crippen LogP contribution in [0.15, 0.2) is 30.5 Å². The summed E-state index contributed by atoms with van der Waals surface area (Å²) < 4.78 is 7.20. The van der Waals surface area contributed by atoms with Crippen LogP contribution < -0.4 is 5.32 Å². The third-order valence-corrected chi connectivity index (χ3v) is 4.84. The van der Waals surface area contributed by atoms with Crippen molar-refractivity contribution in [1.82, 2.24) is 9.47 Å². The maximum Gasteiger partial charge on any atom is 0.321 e. The molecule has 1 aliphatic heterocycles. The van der Waals surface area contributed by atoms with E-state index in [9.17, 15) is 14.7 Å². The smallest absolute Gasteiger partial charge is 0.321 e. The summed E-state index contributed by atoms with van der Waals surface area (Å²) in [4.78, 5) is 25.3. The molecule has 1 atom stereocenters. The van der Waals surface area contributed by atoms with Gasteiger partial charge in [0.25, 0.3) is 0 Å². The molecule has 7 heteroatoms. The van der Waals surface area contributed by atoms with Crippen LogP contribution >= 0.6 is 0 Å². The van der Waals surface area contributed by atoms with E-state index in [-0.39, 0.29) is 12.6 Å². The third kappa shape index (κ3) is 3.46. The molecule has 0 aliphatic carbocycles. The number of anilines is 1. The first-order chi connectivity index (χ1) is 11.9. The van der Waals surface area contributed by atoms with E-state index in [1.165, 1.54) is 0 Å². The third-order valence-electron chi connectivity index (χ3n) is 4.84. The van der Waals surface area contributed by atoms with Gasteiger partial charge in [-0.25, -0.2) is 4.79 Å². The number of nitrogens with zero attached hydrogens (tertiary/aromatic N) is 2. The number of carbonyl (C=O) groups is 2. The van der Waals surface area contributed by atoms with Crippen molar-refractivity contribution in [3.8, 4) is 0 Å². The molecule has 2 aromatic rings. The van der Waals surface area contributed by atoms with Crippen LogP contribution in [0.4, 0.5) is 10.5 Å². The van der Waals surface area contributed by atoms with Crippen LogP contribution in [0.2, 0.25) is 0 Å². The lowest BCUT2D eigenvalue weighted by Gasteiger charge is -2.20. The standard InChI is InChI=1S/C18H23N3O4/c1-18(16(22)23)6-8-21(12-18)17(24)19-14-4-3-13-5-7-20(9-10-25-2)15(13)11-14/h3-5,7,11H,6,8-10,12H2,1-2H3,(H,19,24)(H,22,23). The molecular weight excluding hydrogens is 322 g/mol. The molecule has 2 heterocycles. The van der Waals surface area contributed by atoms with Gasteiger partial charge in [-0.1, -0.05) is 6.07 Å². The van der Waals surface area contributed by atoms with Gasteiger partial charge < -0.3 is 24.6 Å². The Morgan fingerprint density at radius 2 is 2.16 bits per heavy atom. The number of urea groups is 1. The van der Waals surface area contributed by atoms with E-state index in [0.717, 1.165) is 17.4 Å². The fraction of sp³-hybridized carbons (Fsp3) is 0.444. The molecule has 25 heavy (non-hydrogen) atoms. The summed E-state index contributed by atoms with van der Waals surface area (Å²) >= 11 is 0. The second-order valence-electron chi connectivity index (χ2n) is 6.74. The molecule has 1 aromatic carbocycles. The Labute approximate surface area is 146 Å². The molecule has 1 saturated heterocycles. The molecule has 2 amide bonds. The molecule has 2 N–H and O–H groups in total. The molecule has 0 saturated carbocycles. The number of likely N-dealkylation sites (tertiary alicyclic amines) is 1. The number of ether oxygens (including phenoxy) is 1. The molecule has 1 aromatic heterocycles. The van der Waals surface area contributed by atoms with Crippen LogP contribution in [0, 0.1) is 5.41 Å². The normalized spacial score (nSPS) is 20.2. The first kappa shape index (κ1) is 17.3. The van der Waals surface area contributed by atoms with Crippen molar-refractivity contribution in [2.24, 2.45) is 5.41 Å². The SMILES string of the molecule is COCCn1ccc2ccc(NC(=O)N3CCC(C)(C(=O)O)C3)cc21. The summed E-state index contributed by atoms with van der Waals surface area (Å²) in [6.07, 6.45) is 2.46. The number of aliphatic carboxylic acids is 1. The summed E-state index contributed by atoms with van der Waals surface area (Å²) in [5, 5.41) is 13.3. The second-order valence-corrected chi connectivity index (χ2v) is 6.74. The molecule has 1 unspecified atom stereocenters. The van der Waals surface area contributed by atoms with Gasteiger partial charge in [0.1, 0.15) is 0 Å². The lowest BCUT2D eigenvalue weighted by Crippen LogP contribution is -2.37. The zero-order chi connectivity index (χ0) is 18.0. The highest BCUT2D eigenvalue weighted by Gasteiger charge is 2.42. The number of aromatic nitrogens is 1. The Bertz CT molecular complexity index is 801. The Morgan fingerprint density at radius 3 is 2.84 bits per heavy atom. The fourth-order valence-corrected chi connectivity index (χ4v) is 3.16. The topological polar surface area (TPSA) is 83.8 Å². The highest BCUT2D eigenvalue weighted by Crippen LogP contribution is 2.30. The maximum atomic E-state index is 12.5. The first-order valence-electron chi connectivity index (χ1n) is 8.30. The Hall–Kier alpha value is -2.54. The van der Waals surface area contributed by atoms with Crippen molar-refractivity contribution in [1.29, 1.82) is 0 Å². The van der Waals surface area contributed by atoms with Crippen molar-refractivity contribution in [2.75, 3.05) is 32.1 Å². The van der Waals surface area contributed by atoms with E-state index in [2.05, 4.69) is 9.88 Å². The van der Waals surface area contributed by atoms with E-state index >= 15 is 0 Å². The van der Waals surface area contributed by atoms with Gasteiger partial charge in [0, 0.05) is 38.6 Å². The quantitative estimate of drug-likeness (QED) is 0.872. The van der Waals surface area contributed by atoms with Crippen LogP contribution in [0.3, 0.4) is 0 Å². The number of carboxylic acids is 1. The lowest BCUT2D eigenvalue weighted by atomic mass is 9.90. The van der Waals surface area contributed by atoms with E-state index in [4.69, 9.17) is 4.74 Å². The highest BCUT2D eigenvalue weighted by molar-refractivity contribution is 5.93. The van der Waals surface area contributed by atoms with Gasteiger partial charge in [-0.05, 0) is 36.9 Å². The molecule has 1 aliphatic rings. The first-order valence-corrected chi connectivity index (χ1v) is 8.30. The van der Waals surface area contributed by atoms with Crippen molar-refractivity contribution >= 4 is 28.6 Å². The zero-order valence-electron chi connectivity index (χ0n) is 14.5. The Balaban J connectivity index is 1.72.